The molecule has 0 aromatic heterocycles. The molecule has 0 aliphatic carbocycles. The Balaban J connectivity index is 1.81. The third kappa shape index (κ3) is 6.28. The molecule has 0 atom stereocenters. The number of halogens is 1. The minimum atomic E-state index is -0.511. The number of carbonyl (C=O) groups excluding carboxylic acids is 3. The molecule has 0 spiro atoms. The lowest BCUT2D eigenvalue weighted by Crippen LogP contribution is -2.43. The Morgan fingerprint density at radius 2 is 1.71 bits per heavy atom. The molecule has 0 aliphatic heterocycles. The zero-order valence-electron chi connectivity index (χ0n) is 15.8. The van der Waals surface area contributed by atoms with Crippen LogP contribution in [0.5, 0.6) is 5.75 Å². The van der Waals surface area contributed by atoms with Gasteiger partial charge in [-0.05, 0) is 55.0 Å². The normalized spacial score (nSPS) is 10.3. The summed E-state index contributed by atoms with van der Waals surface area (Å²) in [4.78, 5) is 35.6. The van der Waals surface area contributed by atoms with E-state index in [4.69, 9.17) is 16.3 Å². The maximum atomic E-state index is 12.1. The van der Waals surface area contributed by atoms with Crippen LogP contribution in [0.4, 0.5) is 5.69 Å². The molecule has 0 unspecified atom stereocenters. The van der Waals surface area contributed by atoms with Gasteiger partial charge < -0.3 is 10.1 Å². The van der Waals surface area contributed by atoms with Crippen LogP contribution >= 0.6 is 11.6 Å². The Morgan fingerprint density at radius 1 is 1.04 bits per heavy atom. The fourth-order valence-electron chi connectivity index (χ4n) is 2.14. The molecule has 8 heteroatoms. The lowest BCUT2D eigenvalue weighted by Gasteiger charge is -2.11. The minimum absolute atomic E-state index is 0.111. The van der Waals surface area contributed by atoms with E-state index in [1.165, 1.54) is 0 Å². The average molecular weight is 404 g/mol. The van der Waals surface area contributed by atoms with Gasteiger partial charge in [0.15, 0.2) is 6.61 Å². The van der Waals surface area contributed by atoms with Gasteiger partial charge in [-0.2, -0.15) is 0 Å². The molecule has 0 aliphatic rings. The molecular weight excluding hydrogens is 382 g/mol. The molecule has 0 saturated carbocycles. The SMILES string of the molecule is Cc1cc(Cl)ccc1OCC(=O)NNC(=O)c1ccc(NC(=O)C(C)C)cc1. The van der Waals surface area contributed by atoms with Crippen LogP contribution in [-0.2, 0) is 9.59 Å². The van der Waals surface area contributed by atoms with Crippen LogP contribution in [0.25, 0.3) is 0 Å². The number of hydrazine groups is 1. The molecule has 2 aromatic rings. The van der Waals surface area contributed by atoms with Crippen LogP contribution < -0.4 is 20.9 Å². The molecule has 2 rings (SSSR count). The first-order valence-corrected chi connectivity index (χ1v) is 9.03. The third-order valence-electron chi connectivity index (χ3n) is 3.75. The van der Waals surface area contributed by atoms with Gasteiger partial charge in [0.1, 0.15) is 5.75 Å². The fourth-order valence-corrected chi connectivity index (χ4v) is 2.37. The number of benzene rings is 2. The van der Waals surface area contributed by atoms with Gasteiger partial charge in [0, 0.05) is 22.2 Å². The van der Waals surface area contributed by atoms with Gasteiger partial charge in [-0.25, -0.2) is 0 Å². The smallest absolute Gasteiger partial charge is 0.276 e. The Labute approximate surface area is 168 Å². The molecule has 7 nitrogen and oxygen atoms in total. The summed E-state index contributed by atoms with van der Waals surface area (Å²) in [6.07, 6.45) is 0. The Kier molecular flexibility index (Phi) is 7.40. The predicted octanol–water partition coefficient (Wildman–Crippen LogP) is 3.08. The molecule has 0 fully saturated rings. The number of carbonyl (C=O) groups is 3. The molecule has 0 heterocycles. The first-order chi connectivity index (χ1) is 13.3. The van der Waals surface area contributed by atoms with E-state index < -0.39 is 11.8 Å². The molecule has 3 amide bonds. The van der Waals surface area contributed by atoms with Gasteiger partial charge in [0.05, 0.1) is 0 Å². The monoisotopic (exact) mass is 403 g/mol. The van der Waals surface area contributed by atoms with Gasteiger partial charge in [-0.3, -0.25) is 25.2 Å². The summed E-state index contributed by atoms with van der Waals surface area (Å²) in [6.45, 7) is 5.13. The zero-order chi connectivity index (χ0) is 20.7. The van der Waals surface area contributed by atoms with Crippen LogP contribution in [0.2, 0.25) is 5.02 Å². The van der Waals surface area contributed by atoms with Crippen molar-refractivity contribution in [3.05, 3.63) is 58.6 Å². The molecule has 0 bridgehead atoms. The molecule has 0 radical (unpaired) electrons. The van der Waals surface area contributed by atoms with E-state index in [0.717, 1.165) is 5.56 Å². The van der Waals surface area contributed by atoms with E-state index in [2.05, 4.69) is 16.2 Å². The Morgan fingerprint density at radius 3 is 2.32 bits per heavy atom. The second-order valence-electron chi connectivity index (χ2n) is 6.42. The topological polar surface area (TPSA) is 96.5 Å². The van der Waals surface area contributed by atoms with Gasteiger partial charge in [-0.1, -0.05) is 25.4 Å². The minimum Gasteiger partial charge on any atom is -0.483 e. The number of hydrogen-bond donors (Lipinski definition) is 3. The van der Waals surface area contributed by atoms with Crippen LogP contribution in [0.1, 0.15) is 29.8 Å². The maximum Gasteiger partial charge on any atom is 0.276 e. The Hall–Kier alpha value is -3.06. The highest BCUT2D eigenvalue weighted by molar-refractivity contribution is 6.30. The van der Waals surface area contributed by atoms with E-state index in [-0.39, 0.29) is 18.4 Å². The summed E-state index contributed by atoms with van der Waals surface area (Å²) in [5, 5.41) is 3.31. The molecule has 0 saturated heterocycles. The van der Waals surface area contributed by atoms with Crippen molar-refractivity contribution in [2.24, 2.45) is 5.92 Å². The highest BCUT2D eigenvalue weighted by Crippen LogP contribution is 2.21. The molecule has 3 N–H and O–H groups in total. The highest BCUT2D eigenvalue weighted by atomic mass is 35.5. The summed E-state index contributed by atoms with van der Waals surface area (Å²) >= 11 is 5.87. The van der Waals surface area contributed by atoms with E-state index in [9.17, 15) is 14.4 Å². The largest absolute Gasteiger partial charge is 0.483 e. The average Bonchev–Trinajstić information content (AvgIpc) is 2.65. The lowest BCUT2D eigenvalue weighted by atomic mass is 10.1. The number of nitrogens with one attached hydrogen (secondary N) is 3. The van der Waals surface area contributed by atoms with Crippen molar-refractivity contribution >= 4 is 35.0 Å². The third-order valence-corrected chi connectivity index (χ3v) is 3.99. The van der Waals surface area contributed by atoms with Crippen molar-refractivity contribution in [2.45, 2.75) is 20.8 Å². The second kappa shape index (κ2) is 9.75. The summed E-state index contributed by atoms with van der Waals surface area (Å²) in [5.74, 6) is -0.719. The second-order valence-corrected chi connectivity index (χ2v) is 6.86. The van der Waals surface area contributed by atoms with E-state index in [1.54, 1.807) is 56.3 Å². The van der Waals surface area contributed by atoms with Crippen molar-refractivity contribution in [3.8, 4) is 5.75 Å². The van der Waals surface area contributed by atoms with Gasteiger partial charge in [0.25, 0.3) is 11.8 Å². The number of anilines is 1. The van der Waals surface area contributed by atoms with E-state index in [1.807, 2.05) is 6.92 Å². The van der Waals surface area contributed by atoms with E-state index >= 15 is 0 Å². The number of rotatable bonds is 6. The van der Waals surface area contributed by atoms with Crippen LogP contribution in [0, 0.1) is 12.8 Å². The van der Waals surface area contributed by atoms with Crippen molar-refractivity contribution < 1.29 is 19.1 Å². The lowest BCUT2D eigenvalue weighted by molar-refractivity contribution is -0.124. The summed E-state index contributed by atoms with van der Waals surface area (Å²) in [6, 6.07) is 11.4. The number of aryl methyl sites for hydroxylation is 1. The van der Waals surface area contributed by atoms with Crippen LogP contribution in [-0.4, -0.2) is 24.3 Å². The van der Waals surface area contributed by atoms with Crippen LogP contribution in [0.15, 0.2) is 42.5 Å². The number of ether oxygens (including phenoxy) is 1. The predicted molar refractivity (Wildman–Crippen MR) is 107 cm³/mol. The maximum absolute atomic E-state index is 12.1. The highest BCUT2D eigenvalue weighted by Gasteiger charge is 2.10. The van der Waals surface area contributed by atoms with Crippen molar-refractivity contribution in [3.63, 3.8) is 0 Å². The van der Waals surface area contributed by atoms with Crippen LogP contribution in [0.3, 0.4) is 0 Å². The molecule has 148 valence electrons. The quantitative estimate of drug-likeness (QED) is 0.646. The van der Waals surface area contributed by atoms with Gasteiger partial charge >= 0.3 is 0 Å². The molecule has 28 heavy (non-hydrogen) atoms. The number of hydrogen-bond acceptors (Lipinski definition) is 4. The van der Waals surface area contributed by atoms with Crippen molar-refractivity contribution in [2.75, 3.05) is 11.9 Å². The van der Waals surface area contributed by atoms with Gasteiger partial charge in [0.2, 0.25) is 5.91 Å². The molecular formula is C20H22ClN3O4. The zero-order valence-corrected chi connectivity index (χ0v) is 16.6. The Bertz CT molecular complexity index is 866. The standard InChI is InChI=1S/C20H22ClN3O4/c1-12(2)19(26)22-16-7-4-14(5-8-16)20(27)24-23-18(25)11-28-17-9-6-15(21)10-13(17)3/h4-10,12H,11H2,1-3H3,(H,22,26)(H,23,25)(H,24,27). The summed E-state index contributed by atoms with van der Waals surface area (Å²) in [5.41, 5.74) is 6.31. The summed E-state index contributed by atoms with van der Waals surface area (Å²) in [7, 11) is 0. The summed E-state index contributed by atoms with van der Waals surface area (Å²) < 4.78 is 5.40. The van der Waals surface area contributed by atoms with Crippen molar-refractivity contribution in [1.82, 2.24) is 10.9 Å². The first-order valence-electron chi connectivity index (χ1n) is 8.65. The molecule has 2 aromatic carbocycles. The fraction of sp³-hybridized carbons (Fsp3) is 0.250. The van der Waals surface area contributed by atoms with Crippen molar-refractivity contribution in [1.29, 1.82) is 0 Å². The van der Waals surface area contributed by atoms with Gasteiger partial charge in [-0.15, -0.1) is 0 Å². The first kappa shape index (κ1) is 21.2. The van der Waals surface area contributed by atoms with E-state index in [0.29, 0.717) is 22.0 Å². The number of amides is 3.